The molecule has 4 rings (SSSR count). The minimum atomic E-state index is -1.51. The lowest BCUT2D eigenvalue weighted by molar-refractivity contribution is -0.277. The highest BCUT2D eigenvalue weighted by Crippen LogP contribution is 2.50. The van der Waals surface area contributed by atoms with Gasteiger partial charge in [0.05, 0.1) is 12.2 Å². The van der Waals surface area contributed by atoms with E-state index in [1.54, 1.807) is 0 Å². The fourth-order valence-corrected chi connectivity index (χ4v) is 4.82. The van der Waals surface area contributed by atoms with Gasteiger partial charge in [-0.2, -0.15) is 0 Å². The molecule has 0 aromatic heterocycles. The van der Waals surface area contributed by atoms with Gasteiger partial charge in [-0.1, -0.05) is 43.5 Å². The summed E-state index contributed by atoms with van der Waals surface area (Å²) in [4.78, 5) is 0. The Morgan fingerprint density at radius 2 is 1.76 bits per heavy atom. The number of hydrogen-bond acceptors (Lipinski definition) is 7. The first kappa shape index (κ1) is 24.9. The number of aliphatic hydroxyl groups excluding tert-OH is 4. The number of aryl methyl sites for hydroxylation is 2. The van der Waals surface area contributed by atoms with Gasteiger partial charge in [0, 0.05) is 5.56 Å². The summed E-state index contributed by atoms with van der Waals surface area (Å²) in [6.45, 7) is 7.74. The average molecular weight is 473 g/mol. The summed E-state index contributed by atoms with van der Waals surface area (Å²) < 4.78 is 18.3. The molecule has 5 atom stereocenters. The third-order valence-electron chi connectivity index (χ3n) is 6.74. The predicted octanol–water partition coefficient (Wildman–Crippen LogP) is 3.20. The normalized spacial score (nSPS) is 27.5. The minimum Gasteiger partial charge on any atom is -0.482 e. The SMILES string of the molecule is CCCCCc1cc(O[C@@H]2O[C@H](CO)[C@@H](O)[C@H](O)[C@H]2O)c2c(c1)OC(C)(C)c1ccc(C)cc1-2. The zero-order valence-corrected chi connectivity index (χ0v) is 20.3. The molecule has 7 nitrogen and oxygen atoms in total. The minimum absolute atomic E-state index is 0.468. The second-order valence-electron chi connectivity index (χ2n) is 9.90. The maximum Gasteiger partial charge on any atom is 0.229 e. The monoisotopic (exact) mass is 472 g/mol. The van der Waals surface area contributed by atoms with E-state index in [4.69, 9.17) is 14.2 Å². The van der Waals surface area contributed by atoms with Crippen LogP contribution in [0.5, 0.6) is 11.5 Å². The van der Waals surface area contributed by atoms with E-state index < -0.39 is 42.9 Å². The number of unbranched alkanes of at least 4 members (excludes halogenated alkanes) is 2. The first-order valence-electron chi connectivity index (χ1n) is 12.1. The van der Waals surface area contributed by atoms with Gasteiger partial charge in [-0.3, -0.25) is 0 Å². The zero-order chi connectivity index (χ0) is 24.6. The van der Waals surface area contributed by atoms with Crippen LogP contribution < -0.4 is 9.47 Å². The molecule has 4 N–H and O–H groups in total. The summed E-state index contributed by atoms with van der Waals surface area (Å²) in [5.41, 5.74) is 4.34. The van der Waals surface area contributed by atoms with Crippen molar-refractivity contribution in [3.63, 3.8) is 0 Å². The van der Waals surface area contributed by atoms with Gasteiger partial charge >= 0.3 is 0 Å². The molecule has 1 saturated heterocycles. The Kier molecular flexibility index (Phi) is 7.22. The molecule has 7 heteroatoms. The third-order valence-corrected chi connectivity index (χ3v) is 6.74. The van der Waals surface area contributed by atoms with Crippen LogP contribution in [0.25, 0.3) is 11.1 Å². The van der Waals surface area contributed by atoms with Crippen molar-refractivity contribution in [2.24, 2.45) is 0 Å². The van der Waals surface area contributed by atoms with Crippen LogP contribution in [0.4, 0.5) is 0 Å². The first-order chi connectivity index (χ1) is 16.2. The van der Waals surface area contributed by atoms with Crippen LogP contribution in [-0.4, -0.2) is 57.7 Å². The van der Waals surface area contributed by atoms with E-state index in [-0.39, 0.29) is 0 Å². The Balaban J connectivity index is 1.79. The molecule has 2 aromatic rings. The summed E-state index contributed by atoms with van der Waals surface area (Å²) in [5.74, 6) is 1.16. The Bertz CT molecular complexity index is 1020. The Morgan fingerprint density at radius 1 is 1.00 bits per heavy atom. The molecule has 2 aromatic carbocycles. The van der Waals surface area contributed by atoms with Crippen LogP contribution in [0.3, 0.4) is 0 Å². The van der Waals surface area contributed by atoms with E-state index in [9.17, 15) is 20.4 Å². The van der Waals surface area contributed by atoms with Crippen molar-refractivity contribution < 1.29 is 34.6 Å². The van der Waals surface area contributed by atoms with E-state index in [0.717, 1.165) is 53.5 Å². The molecule has 2 aliphatic rings. The standard InChI is InChI=1S/C27H36O7/c1-5-6-7-8-16-12-19(32-26-25(31)24(30)23(29)21(14-28)33-26)22-17-11-15(2)9-10-18(17)27(3,4)34-20(22)13-16/h9-13,21,23-26,28-31H,5-8,14H2,1-4H3/t21-,23-,24+,25-,26-/m1/s1. The number of aliphatic hydroxyl groups is 4. The molecule has 0 unspecified atom stereocenters. The quantitative estimate of drug-likeness (QED) is 0.458. The molecule has 0 saturated carbocycles. The maximum atomic E-state index is 10.6. The molecular formula is C27H36O7. The Morgan fingerprint density at radius 3 is 2.47 bits per heavy atom. The molecular weight excluding hydrogens is 436 g/mol. The van der Waals surface area contributed by atoms with Crippen molar-refractivity contribution in [1.82, 2.24) is 0 Å². The fraction of sp³-hybridized carbons (Fsp3) is 0.556. The van der Waals surface area contributed by atoms with Crippen molar-refractivity contribution in [2.75, 3.05) is 6.61 Å². The highest BCUT2D eigenvalue weighted by Gasteiger charge is 2.45. The molecule has 0 bridgehead atoms. The average Bonchev–Trinajstić information content (AvgIpc) is 2.78. The summed E-state index contributed by atoms with van der Waals surface area (Å²) in [6, 6.07) is 10.2. The van der Waals surface area contributed by atoms with Crippen LogP contribution in [0.2, 0.25) is 0 Å². The number of ether oxygens (including phenoxy) is 3. The molecule has 1 fully saturated rings. The second kappa shape index (κ2) is 9.84. The smallest absolute Gasteiger partial charge is 0.229 e. The van der Waals surface area contributed by atoms with Gasteiger partial charge in [0.15, 0.2) is 0 Å². The van der Waals surface area contributed by atoms with Crippen molar-refractivity contribution >= 4 is 0 Å². The molecule has 186 valence electrons. The summed E-state index contributed by atoms with van der Waals surface area (Å²) in [6.07, 6.45) is -2.68. The van der Waals surface area contributed by atoms with Crippen LogP contribution in [0.1, 0.15) is 56.7 Å². The molecule has 0 spiro atoms. The van der Waals surface area contributed by atoms with Gasteiger partial charge in [0.2, 0.25) is 6.29 Å². The molecule has 0 aliphatic carbocycles. The lowest BCUT2D eigenvalue weighted by Crippen LogP contribution is -2.60. The van der Waals surface area contributed by atoms with Crippen LogP contribution in [0, 0.1) is 6.92 Å². The van der Waals surface area contributed by atoms with Crippen molar-refractivity contribution in [1.29, 1.82) is 0 Å². The molecule has 0 amide bonds. The highest BCUT2D eigenvalue weighted by atomic mass is 16.7. The van der Waals surface area contributed by atoms with Gasteiger partial charge in [0.1, 0.15) is 41.5 Å². The number of rotatable bonds is 7. The molecule has 2 aliphatic heterocycles. The molecule has 0 radical (unpaired) electrons. The van der Waals surface area contributed by atoms with Gasteiger partial charge in [-0.15, -0.1) is 0 Å². The van der Waals surface area contributed by atoms with Gasteiger partial charge < -0.3 is 34.6 Å². The predicted molar refractivity (Wildman–Crippen MR) is 128 cm³/mol. The number of hydrogen-bond donors (Lipinski definition) is 4. The van der Waals surface area contributed by atoms with Crippen molar-refractivity contribution in [3.8, 4) is 22.6 Å². The summed E-state index contributed by atoms with van der Waals surface area (Å²) in [5, 5.41) is 40.5. The van der Waals surface area contributed by atoms with E-state index in [1.807, 2.05) is 32.9 Å². The Hall–Kier alpha value is -2.16. The lowest BCUT2D eigenvalue weighted by atomic mass is 9.84. The van der Waals surface area contributed by atoms with Crippen molar-refractivity contribution in [2.45, 2.75) is 89.7 Å². The van der Waals surface area contributed by atoms with E-state index in [1.165, 1.54) is 0 Å². The molecule has 2 heterocycles. The largest absolute Gasteiger partial charge is 0.482 e. The van der Waals surface area contributed by atoms with Gasteiger partial charge in [0.25, 0.3) is 0 Å². The lowest BCUT2D eigenvalue weighted by Gasteiger charge is -2.40. The maximum absolute atomic E-state index is 10.6. The topological polar surface area (TPSA) is 109 Å². The first-order valence-corrected chi connectivity index (χ1v) is 12.1. The van der Waals surface area contributed by atoms with Gasteiger partial charge in [-0.05, 0) is 56.9 Å². The number of fused-ring (bicyclic) bond motifs is 3. The van der Waals surface area contributed by atoms with Crippen LogP contribution >= 0.6 is 0 Å². The van der Waals surface area contributed by atoms with Crippen LogP contribution in [-0.2, 0) is 16.8 Å². The van der Waals surface area contributed by atoms with Crippen LogP contribution in [0.15, 0.2) is 30.3 Å². The summed E-state index contributed by atoms with van der Waals surface area (Å²) in [7, 11) is 0. The number of benzene rings is 2. The molecule has 34 heavy (non-hydrogen) atoms. The van der Waals surface area contributed by atoms with Gasteiger partial charge in [-0.25, -0.2) is 0 Å². The van der Waals surface area contributed by atoms with E-state index >= 15 is 0 Å². The fourth-order valence-electron chi connectivity index (χ4n) is 4.82. The van der Waals surface area contributed by atoms with E-state index in [2.05, 4.69) is 25.1 Å². The highest BCUT2D eigenvalue weighted by molar-refractivity contribution is 5.82. The van der Waals surface area contributed by atoms with E-state index in [0.29, 0.717) is 11.5 Å². The zero-order valence-electron chi connectivity index (χ0n) is 20.3. The Labute approximate surface area is 200 Å². The third kappa shape index (κ3) is 4.68. The summed E-state index contributed by atoms with van der Waals surface area (Å²) >= 11 is 0. The van der Waals surface area contributed by atoms with Crippen molar-refractivity contribution in [3.05, 3.63) is 47.0 Å². The second-order valence-corrected chi connectivity index (χ2v) is 9.90.